The molecule has 1 heterocycles. The molecular formula is C19H16BrN5O2. The minimum atomic E-state index is -0.234. The van der Waals surface area contributed by atoms with E-state index >= 15 is 0 Å². The molecule has 0 saturated carbocycles. The van der Waals surface area contributed by atoms with Gasteiger partial charge in [-0.1, -0.05) is 0 Å². The summed E-state index contributed by atoms with van der Waals surface area (Å²) in [6, 6.07) is 14.2. The molecule has 3 rings (SSSR count). The molecule has 0 amide bonds. The van der Waals surface area contributed by atoms with E-state index in [-0.39, 0.29) is 10.4 Å². The first kappa shape index (κ1) is 18.5. The lowest BCUT2D eigenvalue weighted by Gasteiger charge is -2.06. The van der Waals surface area contributed by atoms with Crippen molar-refractivity contribution < 1.29 is 9.53 Å². The maximum atomic E-state index is 12.5. The molecular weight excluding hydrogens is 410 g/mol. The van der Waals surface area contributed by atoms with Gasteiger partial charge in [0.25, 0.3) is 0 Å². The third kappa shape index (κ3) is 5.11. The van der Waals surface area contributed by atoms with Gasteiger partial charge in [-0.15, -0.1) is 0 Å². The van der Waals surface area contributed by atoms with Crippen molar-refractivity contribution in [1.82, 2.24) is 9.97 Å². The minimum absolute atomic E-state index is 0.174. The zero-order valence-electron chi connectivity index (χ0n) is 14.4. The fourth-order valence-electron chi connectivity index (χ4n) is 2.17. The van der Waals surface area contributed by atoms with E-state index in [1.807, 2.05) is 0 Å². The van der Waals surface area contributed by atoms with E-state index in [4.69, 9.17) is 4.74 Å². The highest BCUT2D eigenvalue weighted by molar-refractivity contribution is 9.19. The SMILES string of the molecule is COc1ccc(NN=C(Br)C(=O)c2ccc(Nc3cnccn3)cc2)cc1. The van der Waals surface area contributed by atoms with Gasteiger partial charge in [-0.2, -0.15) is 5.10 Å². The predicted molar refractivity (Wildman–Crippen MR) is 109 cm³/mol. The number of ketones is 1. The maximum absolute atomic E-state index is 12.5. The molecule has 136 valence electrons. The van der Waals surface area contributed by atoms with Crippen LogP contribution in [0.3, 0.4) is 0 Å². The van der Waals surface area contributed by atoms with Crippen LogP contribution in [-0.2, 0) is 0 Å². The number of hydrogen-bond donors (Lipinski definition) is 2. The van der Waals surface area contributed by atoms with Crippen molar-refractivity contribution in [3.05, 3.63) is 72.7 Å². The third-order valence-corrected chi connectivity index (χ3v) is 4.08. The van der Waals surface area contributed by atoms with Crippen LogP contribution in [0.4, 0.5) is 17.2 Å². The van der Waals surface area contributed by atoms with E-state index in [1.54, 1.807) is 74.2 Å². The highest BCUT2D eigenvalue weighted by atomic mass is 79.9. The molecule has 0 aliphatic rings. The molecule has 8 heteroatoms. The van der Waals surface area contributed by atoms with Gasteiger partial charge >= 0.3 is 0 Å². The van der Waals surface area contributed by atoms with Crippen molar-refractivity contribution in [3.8, 4) is 5.75 Å². The van der Waals surface area contributed by atoms with Gasteiger partial charge in [0.2, 0.25) is 5.78 Å². The van der Waals surface area contributed by atoms with Crippen LogP contribution in [0.15, 0.2) is 72.2 Å². The van der Waals surface area contributed by atoms with Gasteiger partial charge in [0.1, 0.15) is 11.6 Å². The Morgan fingerprint density at radius 3 is 2.37 bits per heavy atom. The molecule has 0 aliphatic carbocycles. The van der Waals surface area contributed by atoms with Crippen molar-refractivity contribution >= 4 is 43.5 Å². The van der Waals surface area contributed by atoms with Crippen LogP contribution in [0, 0.1) is 0 Å². The number of methoxy groups -OCH3 is 1. The van der Waals surface area contributed by atoms with Crippen molar-refractivity contribution in [2.24, 2.45) is 5.10 Å². The summed E-state index contributed by atoms with van der Waals surface area (Å²) in [6.45, 7) is 0. The Labute approximate surface area is 164 Å². The number of ether oxygens (including phenoxy) is 1. The zero-order valence-corrected chi connectivity index (χ0v) is 16.0. The minimum Gasteiger partial charge on any atom is -0.497 e. The monoisotopic (exact) mass is 425 g/mol. The molecule has 0 aliphatic heterocycles. The zero-order chi connectivity index (χ0) is 19.1. The van der Waals surface area contributed by atoms with Gasteiger partial charge in [-0.3, -0.25) is 15.2 Å². The molecule has 0 fully saturated rings. The summed E-state index contributed by atoms with van der Waals surface area (Å²) in [5.74, 6) is 1.14. The molecule has 2 aromatic carbocycles. The van der Waals surface area contributed by atoms with Gasteiger partial charge in [0.15, 0.2) is 4.62 Å². The van der Waals surface area contributed by atoms with Crippen LogP contribution < -0.4 is 15.5 Å². The lowest BCUT2D eigenvalue weighted by Crippen LogP contribution is -2.09. The fraction of sp³-hybridized carbons (Fsp3) is 0.0526. The van der Waals surface area contributed by atoms with E-state index < -0.39 is 0 Å². The quantitative estimate of drug-likeness (QED) is 0.334. The number of nitrogens with one attached hydrogen (secondary N) is 2. The Morgan fingerprint density at radius 1 is 1.04 bits per heavy atom. The standard InChI is InChI=1S/C19H16BrN5O2/c1-27-16-8-6-15(7-9-16)24-25-19(20)18(26)13-2-4-14(5-3-13)23-17-12-21-10-11-22-17/h2-12,24H,1H3,(H,22,23). The number of Topliss-reactive ketones (excluding diaryl/α,β-unsaturated/α-hetero) is 1. The second-order valence-corrected chi connectivity index (χ2v) is 6.12. The van der Waals surface area contributed by atoms with Gasteiger partial charge < -0.3 is 10.1 Å². The summed E-state index contributed by atoms with van der Waals surface area (Å²) in [7, 11) is 1.60. The molecule has 27 heavy (non-hydrogen) atoms. The summed E-state index contributed by atoms with van der Waals surface area (Å²) in [5, 5.41) is 7.18. The molecule has 0 bridgehead atoms. The molecule has 1 aromatic heterocycles. The second kappa shape index (κ2) is 8.91. The summed E-state index contributed by atoms with van der Waals surface area (Å²) in [6.07, 6.45) is 4.82. The average molecular weight is 426 g/mol. The van der Waals surface area contributed by atoms with Gasteiger partial charge in [-0.05, 0) is 64.5 Å². The summed E-state index contributed by atoms with van der Waals surface area (Å²) in [4.78, 5) is 20.6. The molecule has 7 nitrogen and oxygen atoms in total. The highest BCUT2D eigenvalue weighted by Crippen LogP contribution is 2.17. The van der Waals surface area contributed by atoms with Crippen LogP contribution in [-0.4, -0.2) is 27.5 Å². The number of nitrogens with zero attached hydrogens (tertiary/aromatic N) is 3. The first-order chi connectivity index (χ1) is 13.2. The number of carbonyl (C=O) groups excluding carboxylic acids is 1. The number of benzene rings is 2. The van der Waals surface area contributed by atoms with E-state index in [9.17, 15) is 4.79 Å². The van der Waals surface area contributed by atoms with Crippen LogP contribution in [0.1, 0.15) is 10.4 Å². The van der Waals surface area contributed by atoms with Crippen molar-refractivity contribution in [2.45, 2.75) is 0 Å². The number of rotatable bonds is 7. The molecule has 3 aromatic rings. The average Bonchev–Trinajstić information content (AvgIpc) is 2.73. The van der Waals surface area contributed by atoms with E-state index in [0.29, 0.717) is 11.4 Å². The van der Waals surface area contributed by atoms with Crippen molar-refractivity contribution in [1.29, 1.82) is 0 Å². The van der Waals surface area contributed by atoms with Gasteiger partial charge in [-0.25, -0.2) is 4.98 Å². The van der Waals surface area contributed by atoms with Crippen LogP contribution in [0.25, 0.3) is 0 Å². The first-order valence-electron chi connectivity index (χ1n) is 7.97. The first-order valence-corrected chi connectivity index (χ1v) is 8.76. The van der Waals surface area contributed by atoms with Crippen LogP contribution >= 0.6 is 15.9 Å². The molecule has 0 unspecified atom stereocenters. The van der Waals surface area contributed by atoms with Gasteiger partial charge in [0.05, 0.1) is 19.0 Å². The van der Waals surface area contributed by atoms with E-state index in [1.165, 1.54) is 0 Å². The summed E-state index contributed by atoms with van der Waals surface area (Å²) >= 11 is 3.22. The number of anilines is 3. The molecule has 0 spiro atoms. The number of halogens is 1. The normalized spacial score (nSPS) is 11.0. The topological polar surface area (TPSA) is 88.5 Å². The third-order valence-electron chi connectivity index (χ3n) is 3.54. The summed E-state index contributed by atoms with van der Waals surface area (Å²) in [5.41, 5.74) is 4.88. The lowest BCUT2D eigenvalue weighted by molar-refractivity contribution is 0.106. The van der Waals surface area contributed by atoms with E-state index in [2.05, 4.69) is 41.7 Å². The number of aromatic nitrogens is 2. The Bertz CT molecular complexity index is 929. The Hall–Kier alpha value is -3.26. The number of hydrogen-bond acceptors (Lipinski definition) is 7. The van der Waals surface area contributed by atoms with Crippen molar-refractivity contribution in [3.63, 3.8) is 0 Å². The molecule has 2 N–H and O–H groups in total. The Kier molecular flexibility index (Phi) is 6.11. The lowest BCUT2D eigenvalue weighted by atomic mass is 10.1. The smallest absolute Gasteiger partial charge is 0.220 e. The Morgan fingerprint density at radius 2 is 1.74 bits per heavy atom. The largest absolute Gasteiger partial charge is 0.497 e. The number of hydrazone groups is 1. The Balaban J connectivity index is 1.63. The maximum Gasteiger partial charge on any atom is 0.220 e. The summed E-state index contributed by atoms with van der Waals surface area (Å²) < 4.78 is 5.27. The van der Waals surface area contributed by atoms with Crippen molar-refractivity contribution in [2.75, 3.05) is 17.9 Å². The van der Waals surface area contributed by atoms with Crippen LogP contribution in [0.5, 0.6) is 5.75 Å². The predicted octanol–water partition coefficient (Wildman–Crippen LogP) is 4.23. The molecule has 0 atom stereocenters. The molecule has 0 radical (unpaired) electrons. The van der Waals surface area contributed by atoms with Crippen LogP contribution in [0.2, 0.25) is 0 Å². The fourth-order valence-corrected chi connectivity index (χ4v) is 2.48. The van der Waals surface area contributed by atoms with E-state index in [0.717, 1.165) is 17.1 Å². The molecule has 0 saturated heterocycles. The number of carbonyl (C=O) groups is 1. The second-order valence-electron chi connectivity index (χ2n) is 5.37. The van der Waals surface area contributed by atoms with Gasteiger partial charge in [0, 0.05) is 23.6 Å². The highest BCUT2D eigenvalue weighted by Gasteiger charge is 2.11.